The van der Waals surface area contributed by atoms with E-state index in [2.05, 4.69) is 9.97 Å². The summed E-state index contributed by atoms with van der Waals surface area (Å²) in [6.45, 7) is 0. The molecule has 0 aliphatic carbocycles. The van der Waals surface area contributed by atoms with E-state index in [1.54, 1.807) is 31.8 Å². The Bertz CT molecular complexity index is 1500. The van der Waals surface area contributed by atoms with Crippen LogP contribution in [0.1, 0.15) is 16.8 Å². The molecule has 5 aromatic rings. The van der Waals surface area contributed by atoms with E-state index in [1.165, 1.54) is 0 Å². The molecular weight excluding hydrogens is 469 g/mol. The Morgan fingerprint density at radius 2 is 1.68 bits per heavy atom. The van der Waals surface area contributed by atoms with Gasteiger partial charge in [-0.2, -0.15) is 0 Å². The number of hydrogen-bond acceptors (Lipinski definition) is 4. The molecule has 0 saturated carbocycles. The van der Waals surface area contributed by atoms with E-state index in [-0.39, 0.29) is 0 Å². The Kier molecular flexibility index (Phi) is 5.78. The number of aliphatic hydroxyl groups is 1. The molecule has 0 amide bonds. The fraction of sp³-hybridized carbons (Fsp3) is 0.111. The van der Waals surface area contributed by atoms with Crippen LogP contribution in [-0.2, 0) is 12.6 Å². The Labute approximate surface area is 207 Å². The number of aryl methyl sites for hydroxylation is 1. The number of pyridine rings is 1. The topological polar surface area (TPSA) is 60.2 Å². The van der Waals surface area contributed by atoms with Gasteiger partial charge in [0.2, 0.25) is 5.88 Å². The van der Waals surface area contributed by atoms with E-state index in [0.29, 0.717) is 32.7 Å². The van der Waals surface area contributed by atoms with Gasteiger partial charge in [0.1, 0.15) is 0 Å². The van der Waals surface area contributed by atoms with Crippen LogP contribution in [0.5, 0.6) is 5.88 Å². The van der Waals surface area contributed by atoms with Crippen LogP contribution >= 0.6 is 23.2 Å². The highest BCUT2D eigenvalue weighted by Gasteiger charge is 2.37. The van der Waals surface area contributed by atoms with Crippen LogP contribution in [0.4, 0.5) is 0 Å². The summed E-state index contributed by atoms with van der Waals surface area (Å²) >= 11 is 12.4. The van der Waals surface area contributed by atoms with E-state index in [1.807, 2.05) is 72.3 Å². The molecule has 5 nitrogen and oxygen atoms in total. The maximum atomic E-state index is 12.3. The standard InChI is InChI=1S/C27H21Cl2N3O2/c1-32-16-30-15-25(32)27(33,18-6-9-20(28)10-7-18)19-8-11-24-23(13-19)22(14-26(31-24)34-2)17-4-3-5-21(29)12-17/h3-16,33H,1-2H3. The smallest absolute Gasteiger partial charge is 0.214 e. The van der Waals surface area contributed by atoms with Crippen LogP contribution < -0.4 is 4.74 Å². The van der Waals surface area contributed by atoms with Crippen molar-refractivity contribution < 1.29 is 9.84 Å². The molecule has 170 valence electrons. The first kappa shape index (κ1) is 22.4. The minimum absolute atomic E-state index is 0.495. The summed E-state index contributed by atoms with van der Waals surface area (Å²) in [7, 11) is 3.44. The second-order valence-corrected chi connectivity index (χ2v) is 8.93. The van der Waals surface area contributed by atoms with Crippen LogP contribution in [0.15, 0.2) is 85.3 Å². The average molecular weight is 490 g/mol. The number of imidazole rings is 1. The molecule has 1 atom stereocenters. The van der Waals surface area contributed by atoms with Crippen LogP contribution in [0.3, 0.4) is 0 Å². The molecule has 0 aliphatic heterocycles. The quantitative estimate of drug-likeness (QED) is 0.317. The van der Waals surface area contributed by atoms with E-state index >= 15 is 0 Å². The van der Waals surface area contributed by atoms with Crippen molar-refractivity contribution in [3.05, 3.63) is 112 Å². The second kappa shape index (κ2) is 8.76. The second-order valence-electron chi connectivity index (χ2n) is 8.06. The van der Waals surface area contributed by atoms with Crippen molar-refractivity contribution in [1.29, 1.82) is 0 Å². The first-order chi connectivity index (χ1) is 16.4. The maximum Gasteiger partial charge on any atom is 0.214 e. The highest BCUT2D eigenvalue weighted by atomic mass is 35.5. The van der Waals surface area contributed by atoms with Gasteiger partial charge in [0.15, 0.2) is 5.60 Å². The van der Waals surface area contributed by atoms with Gasteiger partial charge < -0.3 is 14.4 Å². The van der Waals surface area contributed by atoms with E-state index < -0.39 is 5.60 Å². The first-order valence-electron chi connectivity index (χ1n) is 10.6. The lowest BCUT2D eigenvalue weighted by Crippen LogP contribution is -2.31. The number of hydrogen-bond donors (Lipinski definition) is 1. The van der Waals surface area contributed by atoms with Gasteiger partial charge in [0.25, 0.3) is 0 Å². The van der Waals surface area contributed by atoms with Crippen LogP contribution in [0, 0.1) is 0 Å². The lowest BCUT2D eigenvalue weighted by atomic mass is 9.82. The molecule has 7 heteroatoms. The summed E-state index contributed by atoms with van der Waals surface area (Å²) in [6.07, 6.45) is 3.34. The zero-order valence-corrected chi connectivity index (χ0v) is 20.0. The molecular formula is C27H21Cl2N3O2. The Morgan fingerprint density at radius 1 is 0.912 bits per heavy atom. The maximum absolute atomic E-state index is 12.3. The highest BCUT2D eigenvalue weighted by molar-refractivity contribution is 6.31. The van der Waals surface area contributed by atoms with E-state index in [9.17, 15) is 5.11 Å². The summed E-state index contributed by atoms with van der Waals surface area (Å²) in [6, 6.07) is 22.4. The number of nitrogens with zero attached hydrogens (tertiary/aromatic N) is 3. The average Bonchev–Trinajstić information content (AvgIpc) is 3.29. The third-order valence-corrected chi connectivity index (χ3v) is 6.48. The van der Waals surface area contributed by atoms with Gasteiger partial charge >= 0.3 is 0 Å². The van der Waals surface area contributed by atoms with Crippen molar-refractivity contribution in [3.63, 3.8) is 0 Å². The predicted molar refractivity (Wildman–Crippen MR) is 136 cm³/mol. The van der Waals surface area contributed by atoms with E-state index in [4.69, 9.17) is 27.9 Å². The number of fused-ring (bicyclic) bond motifs is 1. The third-order valence-electron chi connectivity index (χ3n) is 6.00. The van der Waals surface area contributed by atoms with Gasteiger partial charge in [-0.25, -0.2) is 9.97 Å². The fourth-order valence-corrected chi connectivity index (χ4v) is 4.60. The summed E-state index contributed by atoms with van der Waals surface area (Å²) < 4.78 is 7.26. The van der Waals surface area contributed by atoms with Crippen molar-refractivity contribution in [2.24, 2.45) is 7.05 Å². The summed E-state index contributed by atoms with van der Waals surface area (Å²) in [5.41, 5.74) is 3.05. The Hall–Kier alpha value is -3.38. The monoisotopic (exact) mass is 489 g/mol. The summed E-state index contributed by atoms with van der Waals surface area (Å²) in [5, 5.41) is 14.4. The molecule has 1 unspecified atom stereocenters. The first-order valence-corrected chi connectivity index (χ1v) is 11.4. The lowest BCUT2D eigenvalue weighted by Gasteiger charge is -2.30. The number of methoxy groups -OCH3 is 1. The van der Waals surface area contributed by atoms with Crippen LogP contribution in [0.25, 0.3) is 22.0 Å². The molecule has 0 fully saturated rings. The predicted octanol–water partition coefficient (Wildman–Crippen LogP) is 6.23. The number of rotatable bonds is 5. The molecule has 3 aromatic carbocycles. The van der Waals surface area contributed by atoms with E-state index in [0.717, 1.165) is 22.0 Å². The Balaban J connectivity index is 1.80. The minimum Gasteiger partial charge on any atom is -0.481 e. The number of aromatic nitrogens is 3. The molecule has 2 aromatic heterocycles. The van der Waals surface area contributed by atoms with Crippen molar-refractivity contribution in [2.45, 2.75) is 5.60 Å². The molecule has 5 rings (SSSR count). The van der Waals surface area contributed by atoms with Gasteiger partial charge in [-0.05, 0) is 58.7 Å². The molecule has 0 radical (unpaired) electrons. The van der Waals surface area contributed by atoms with Crippen LogP contribution in [-0.4, -0.2) is 26.8 Å². The zero-order chi connectivity index (χ0) is 23.9. The van der Waals surface area contributed by atoms with Gasteiger partial charge in [-0.15, -0.1) is 0 Å². The molecule has 0 saturated heterocycles. The van der Waals surface area contributed by atoms with Crippen molar-refractivity contribution in [1.82, 2.24) is 14.5 Å². The van der Waals surface area contributed by atoms with Crippen molar-refractivity contribution in [3.8, 4) is 17.0 Å². The molecule has 34 heavy (non-hydrogen) atoms. The normalized spacial score (nSPS) is 13.1. The highest BCUT2D eigenvalue weighted by Crippen LogP contribution is 2.40. The summed E-state index contributed by atoms with van der Waals surface area (Å²) in [5.74, 6) is 0.495. The van der Waals surface area contributed by atoms with Gasteiger partial charge in [-0.1, -0.05) is 53.5 Å². The molecule has 0 aliphatic rings. The lowest BCUT2D eigenvalue weighted by molar-refractivity contribution is 0.117. The molecule has 0 spiro atoms. The SMILES string of the molecule is COc1cc(-c2cccc(Cl)c2)c2cc(C(O)(c3ccc(Cl)cc3)c3cncn3C)ccc2n1. The third kappa shape index (κ3) is 3.82. The molecule has 2 heterocycles. The van der Waals surface area contributed by atoms with Crippen molar-refractivity contribution >= 4 is 34.1 Å². The minimum atomic E-state index is -1.48. The fourth-order valence-electron chi connectivity index (χ4n) is 4.29. The van der Waals surface area contributed by atoms with Crippen molar-refractivity contribution in [2.75, 3.05) is 7.11 Å². The Morgan fingerprint density at radius 3 is 2.35 bits per heavy atom. The van der Waals surface area contributed by atoms with Gasteiger partial charge in [0.05, 0.1) is 30.8 Å². The zero-order valence-electron chi connectivity index (χ0n) is 18.5. The van der Waals surface area contributed by atoms with Crippen LogP contribution in [0.2, 0.25) is 10.0 Å². The number of halogens is 2. The van der Waals surface area contributed by atoms with Gasteiger partial charge in [0, 0.05) is 28.5 Å². The largest absolute Gasteiger partial charge is 0.481 e. The number of ether oxygens (including phenoxy) is 1. The number of benzene rings is 3. The molecule has 1 N–H and O–H groups in total. The summed E-state index contributed by atoms with van der Waals surface area (Å²) in [4.78, 5) is 8.87. The molecule has 0 bridgehead atoms. The van der Waals surface area contributed by atoms with Gasteiger partial charge in [-0.3, -0.25) is 0 Å².